The maximum atomic E-state index is 3.30. The van der Waals surface area contributed by atoms with Gasteiger partial charge < -0.3 is 0 Å². The Morgan fingerprint density at radius 1 is 1.05 bits per heavy atom. The van der Waals surface area contributed by atoms with Gasteiger partial charge in [-0.3, -0.25) is 6.08 Å². The minimum atomic E-state index is 1.01. The van der Waals surface area contributed by atoms with Gasteiger partial charge in [0.1, 0.15) is 0 Å². The van der Waals surface area contributed by atoms with Crippen molar-refractivity contribution in [1.82, 2.24) is 0 Å². The van der Waals surface area contributed by atoms with E-state index in [0.29, 0.717) is 0 Å². The van der Waals surface area contributed by atoms with Gasteiger partial charge in [0.05, 0.1) is 0 Å². The zero-order chi connectivity index (χ0) is 15.8. The molecule has 2 aromatic carbocycles. The molecule has 0 amide bonds. The summed E-state index contributed by atoms with van der Waals surface area (Å²) in [5.74, 6) is 0. The normalized spacial score (nSPS) is 12.5. The zero-order valence-corrected chi connectivity index (χ0v) is 15.6. The van der Waals surface area contributed by atoms with E-state index in [-0.39, 0.29) is 0 Å². The van der Waals surface area contributed by atoms with Gasteiger partial charge in [-0.25, -0.2) is 12.2 Å². The summed E-state index contributed by atoms with van der Waals surface area (Å²) in [4.78, 5) is 0. The van der Waals surface area contributed by atoms with Crippen LogP contribution in [0.4, 0.5) is 0 Å². The largest absolute Gasteiger partial charge is 0.273 e. The van der Waals surface area contributed by atoms with Gasteiger partial charge in [0.15, 0.2) is 0 Å². The third kappa shape index (κ3) is 5.14. The Labute approximate surface area is 148 Å². The average molecular weight is 364 g/mol. The molecule has 0 nitrogen and oxygen atoms in total. The Bertz CT molecular complexity index is 635. The maximum Gasteiger partial charge on any atom is -0.0253 e. The van der Waals surface area contributed by atoms with Crippen LogP contribution in [0.2, 0.25) is 0 Å². The first kappa shape index (κ1) is 17.0. The van der Waals surface area contributed by atoms with Gasteiger partial charge >= 0.3 is 41.3 Å². The monoisotopic (exact) mass is 362 g/mol. The van der Waals surface area contributed by atoms with Crippen LogP contribution in [0.1, 0.15) is 31.4 Å². The Morgan fingerprint density at radius 3 is 2.41 bits per heavy atom. The van der Waals surface area contributed by atoms with Gasteiger partial charge in [0, 0.05) is 0 Å². The van der Waals surface area contributed by atoms with E-state index in [2.05, 4.69) is 68.5 Å². The van der Waals surface area contributed by atoms with Crippen molar-refractivity contribution in [3.05, 3.63) is 84.0 Å². The van der Waals surface area contributed by atoms with E-state index in [0.717, 1.165) is 12.8 Å². The van der Waals surface area contributed by atoms with E-state index >= 15 is 0 Å². The van der Waals surface area contributed by atoms with Crippen LogP contribution in [-0.2, 0) is 30.7 Å². The second kappa shape index (κ2) is 8.96. The van der Waals surface area contributed by atoms with E-state index in [1.807, 2.05) is 18.2 Å². The van der Waals surface area contributed by atoms with Crippen molar-refractivity contribution in [2.45, 2.75) is 26.7 Å². The second-order valence-electron chi connectivity index (χ2n) is 5.40. The van der Waals surface area contributed by atoms with E-state index in [1.54, 1.807) is 24.2 Å². The number of hydrogen-bond donors (Lipinski definition) is 0. The van der Waals surface area contributed by atoms with Crippen LogP contribution in [0.3, 0.4) is 0 Å². The topological polar surface area (TPSA) is 0 Å². The van der Waals surface area contributed by atoms with Crippen LogP contribution in [0, 0.1) is 12.1 Å². The molecule has 0 heterocycles. The Kier molecular flexibility index (Phi) is 6.94. The van der Waals surface area contributed by atoms with Crippen LogP contribution in [0.25, 0.3) is 11.1 Å². The van der Waals surface area contributed by atoms with Crippen molar-refractivity contribution >= 4 is 3.21 Å². The van der Waals surface area contributed by atoms with Crippen molar-refractivity contribution in [1.29, 1.82) is 0 Å². The maximum absolute atomic E-state index is 3.30. The van der Waals surface area contributed by atoms with E-state index in [4.69, 9.17) is 0 Å². The third-order valence-electron chi connectivity index (χ3n) is 3.20. The van der Waals surface area contributed by atoms with Crippen LogP contribution >= 0.6 is 0 Å². The molecule has 108 valence electrons. The van der Waals surface area contributed by atoms with Gasteiger partial charge in [-0.15, -0.1) is 12.0 Å². The molecule has 22 heavy (non-hydrogen) atoms. The van der Waals surface area contributed by atoms with Crippen LogP contribution in [-0.4, -0.2) is 3.21 Å². The van der Waals surface area contributed by atoms with Gasteiger partial charge in [-0.2, -0.15) is 35.9 Å². The molecule has 2 aromatic rings. The Hall–Kier alpha value is -1.33. The molecule has 2 aliphatic rings. The first-order valence-corrected chi connectivity index (χ1v) is 8.72. The predicted octanol–water partition coefficient (Wildman–Crippen LogP) is 5.11. The molecule has 2 aliphatic carbocycles. The summed E-state index contributed by atoms with van der Waals surface area (Å²) in [5.41, 5.74) is 5.51. The molecule has 0 saturated carbocycles. The molecule has 0 fully saturated rings. The number of hydrogen-bond acceptors (Lipinski definition) is 0. The number of rotatable bonds is 0. The SMILES string of the molecule is C[C](C)=[Zr+2].[C-]1=CC=CC1.[c-]1cccc2c1Cc1ccccc1-2. The fourth-order valence-electron chi connectivity index (χ4n) is 2.34. The first-order valence-electron chi connectivity index (χ1n) is 7.50. The standard InChI is InChI=1S/C13H9.C5H5.C3H6.Zr/c1-3-7-12-10(5-1)9-11-6-2-4-8-13(11)12;1-2-4-5-3-1;1-3-2;/h1-5,7-8H,9H2;1-3H,4H2;1-2H3;/q2*-1;;+2. The minimum Gasteiger partial charge on any atom is -0.273 e. The summed E-state index contributed by atoms with van der Waals surface area (Å²) in [6, 6.07) is 18.1. The van der Waals surface area contributed by atoms with Crippen molar-refractivity contribution < 1.29 is 24.2 Å². The van der Waals surface area contributed by atoms with E-state index < -0.39 is 0 Å². The number of fused-ring (bicyclic) bond motifs is 3. The molecule has 0 aromatic heterocycles. The van der Waals surface area contributed by atoms with Crippen molar-refractivity contribution in [2.24, 2.45) is 0 Å². The molecule has 0 aliphatic heterocycles. The van der Waals surface area contributed by atoms with E-state index in [1.165, 1.54) is 25.5 Å². The van der Waals surface area contributed by atoms with Crippen LogP contribution in [0.5, 0.6) is 0 Å². The van der Waals surface area contributed by atoms with Gasteiger partial charge in [-0.05, 0) is 6.42 Å². The minimum absolute atomic E-state index is 1.01. The molecule has 0 atom stereocenters. The van der Waals surface area contributed by atoms with Gasteiger partial charge in [0.2, 0.25) is 0 Å². The van der Waals surface area contributed by atoms with E-state index in [9.17, 15) is 0 Å². The zero-order valence-electron chi connectivity index (χ0n) is 13.2. The molecule has 0 saturated heterocycles. The molecule has 0 N–H and O–H groups in total. The smallest absolute Gasteiger partial charge is 0.0253 e. The Morgan fingerprint density at radius 2 is 1.77 bits per heavy atom. The summed E-state index contributed by atoms with van der Waals surface area (Å²) in [6.45, 7) is 4.25. The molecular weight excluding hydrogens is 343 g/mol. The van der Waals surface area contributed by atoms with Crippen molar-refractivity contribution in [2.75, 3.05) is 0 Å². The van der Waals surface area contributed by atoms with Gasteiger partial charge in [-0.1, -0.05) is 35.4 Å². The van der Waals surface area contributed by atoms with Crippen LogP contribution in [0.15, 0.2) is 60.7 Å². The Balaban J connectivity index is 0.000000163. The fourth-order valence-corrected chi connectivity index (χ4v) is 2.34. The quantitative estimate of drug-likeness (QED) is 0.487. The third-order valence-corrected chi connectivity index (χ3v) is 3.20. The summed E-state index contributed by atoms with van der Waals surface area (Å²) in [5, 5.41) is 0. The summed E-state index contributed by atoms with van der Waals surface area (Å²) in [6.07, 6.45) is 11.0. The van der Waals surface area contributed by atoms with Gasteiger partial charge in [0.25, 0.3) is 0 Å². The molecule has 0 unspecified atom stereocenters. The van der Waals surface area contributed by atoms with Crippen molar-refractivity contribution in [3.63, 3.8) is 0 Å². The second-order valence-corrected chi connectivity index (χ2v) is 7.86. The molecule has 1 heteroatoms. The van der Waals surface area contributed by atoms with Crippen molar-refractivity contribution in [3.8, 4) is 11.1 Å². The summed E-state index contributed by atoms with van der Waals surface area (Å²) >= 11 is 1.55. The molecular formula is C21H20Zr. The molecule has 0 radical (unpaired) electrons. The first-order chi connectivity index (χ1) is 10.7. The molecule has 0 bridgehead atoms. The average Bonchev–Trinajstić information content (AvgIpc) is 3.18. The predicted molar refractivity (Wildman–Crippen MR) is 91.4 cm³/mol. The van der Waals surface area contributed by atoms with Crippen LogP contribution < -0.4 is 0 Å². The number of benzene rings is 2. The summed E-state index contributed by atoms with van der Waals surface area (Å²) in [7, 11) is 0. The summed E-state index contributed by atoms with van der Waals surface area (Å²) < 4.78 is 1.51. The number of allylic oxidation sites excluding steroid dienone is 4. The molecule has 0 spiro atoms. The fraction of sp³-hybridized carbons (Fsp3) is 0.190. The molecule has 4 rings (SSSR count).